The van der Waals surface area contributed by atoms with Crippen LogP contribution in [0.2, 0.25) is 0 Å². The van der Waals surface area contributed by atoms with Crippen molar-refractivity contribution in [2.75, 3.05) is 6.61 Å². The van der Waals surface area contributed by atoms with Crippen LogP contribution >= 0.6 is 0 Å². The zero-order valence-electron chi connectivity index (χ0n) is 15.1. The van der Waals surface area contributed by atoms with E-state index in [-0.39, 0.29) is 24.7 Å². The molecule has 0 aliphatic carbocycles. The maximum absolute atomic E-state index is 12.7. The molecule has 150 valence electrons. The molecule has 0 saturated carbocycles. The Morgan fingerprint density at radius 2 is 1.90 bits per heavy atom. The van der Waals surface area contributed by atoms with E-state index in [1.165, 1.54) is 24.6 Å². The lowest BCUT2D eigenvalue weighted by Crippen LogP contribution is -2.28. The van der Waals surface area contributed by atoms with Crippen molar-refractivity contribution in [3.05, 3.63) is 83.8 Å². The van der Waals surface area contributed by atoms with Gasteiger partial charge in [0, 0.05) is 6.21 Å². The van der Waals surface area contributed by atoms with Gasteiger partial charge in [-0.25, -0.2) is 0 Å². The van der Waals surface area contributed by atoms with E-state index < -0.39 is 11.7 Å². The van der Waals surface area contributed by atoms with Crippen molar-refractivity contribution in [2.24, 2.45) is 4.99 Å². The number of nitrogens with zero attached hydrogens (tertiary/aromatic N) is 1. The van der Waals surface area contributed by atoms with E-state index in [1.807, 2.05) is 0 Å². The predicted octanol–water partition coefficient (Wildman–Crippen LogP) is 4.74. The molecule has 0 unspecified atom stereocenters. The minimum absolute atomic E-state index is 0.154. The number of aliphatic imine (C=N–C) groups is 1. The standard InChI is InChI=1S/C21H17F3N2O3/c22-21(23,24)16-3-1-4-17(11-16)25-12-15-6-8-18(9-7-15)29-14-20(27)26-13-19-5-2-10-28-19/h1-12H,13-14H2,(H,26,27). The maximum Gasteiger partial charge on any atom is 0.416 e. The Hall–Kier alpha value is -3.55. The molecule has 5 nitrogen and oxygen atoms in total. The molecule has 0 aliphatic rings. The molecule has 0 aliphatic heterocycles. The topological polar surface area (TPSA) is 63.8 Å². The SMILES string of the molecule is O=C(COc1ccc(C=Nc2cccc(C(F)(F)F)c2)cc1)NCc1ccco1. The fraction of sp³-hybridized carbons (Fsp3) is 0.143. The fourth-order valence-electron chi connectivity index (χ4n) is 2.36. The summed E-state index contributed by atoms with van der Waals surface area (Å²) in [6, 6.07) is 14.9. The summed E-state index contributed by atoms with van der Waals surface area (Å²) in [7, 11) is 0. The van der Waals surface area contributed by atoms with Crippen LogP contribution in [-0.4, -0.2) is 18.7 Å². The smallest absolute Gasteiger partial charge is 0.416 e. The van der Waals surface area contributed by atoms with E-state index >= 15 is 0 Å². The van der Waals surface area contributed by atoms with Gasteiger partial charge in [0.05, 0.1) is 24.1 Å². The van der Waals surface area contributed by atoms with Crippen LogP contribution in [0.4, 0.5) is 18.9 Å². The van der Waals surface area contributed by atoms with Gasteiger partial charge in [-0.15, -0.1) is 0 Å². The van der Waals surface area contributed by atoms with Gasteiger partial charge in [0.25, 0.3) is 5.91 Å². The molecule has 0 fully saturated rings. The minimum atomic E-state index is -4.41. The molecule has 1 amide bonds. The van der Waals surface area contributed by atoms with Gasteiger partial charge in [-0.1, -0.05) is 6.07 Å². The largest absolute Gasteiger partial charge is 0.484 e. The molecule has 0 bridgehead atoms. The lowest BCUT2D eigenvalue weighted by molar-refractivity contribution is -0.137. The Morgan fingerprint density at radius 1 is 1.10 bits per heavy atom. The van der Waals surface area contributed by atoms with Crippen LogP contribution in [0.1, 0.15) is 16.9 Å². The van der Waals surface area contributed by atoms with Gasteiger partial charge < -0.3 is 14.5 Å². The summed E-state index contributed by atoms with van der Waals surface area (Å²) in [6.45, 7) is 0.124. The molecule has 1 N–H and O–H groups in total. The van der Waals surface area contributed by atoms with E-state index in [9.17, 15) is 18.0 Å². The van der Waals surface area contributed by atoms with Crippen LogP contribution in [0.5, 0.6) is 5.75 Å². The first-order valence-corrected chi connectivity index (χ1v) is 8.63. The second kappa shape index (κ2) is 9.09. The molecule has 3 aromatic rings. The van der Waals surface area contributed by atoms with Crippen molar-refractivity contribution >= 4 is 17.8 Å². The second-order valence-electron chi connectivity index (χ2n) is 6.02. The Balaban J connectivity index is 1.51. The minimum Gasteiger partial charge on any atom is -0.484 e. The summed E-state index contributed by atoms with van der Waals surface area (Å²) in [4.78, 5) is 15.8. The molecule has 0 radical (unpaired) electrons. The average molecular weight is 402 g/mol. The Morgan fingerprint density at radius 3 is 2.59 bits per heavy atom. The molecule has 2 aromatic carbocycles. The second-order valence-corrected chi connectivity index (χ2v) is 6.02. The first-order valence-electron chi connectivity index (χ1n) is 8.63. The molecule has 29 heavy (non-hydrogen) atoms. The van der Waals surface area contributed by atoms with Crippen molar-refractivity contribution < 1.29 is 27.1 Å². The maximum atomic E-state index is 12.7. The number of hydrogen-bond donors (Lipinski definition) is 1. The zero-order chi connectivity index (χ0) is 20.7. The van der Waals surface area contributed by atoms with Crippen molar-refractivity contribution in [2.45, 2.75) is 12.7 Å². The number of alkyl halides is 3. The van der Waals surface area contributed by atoms with Crippen LogP contribution in [0, 0.1) is 0 Å². The van der Waals surface area contributed by atoms with Crippen LogP contribution in [0.3, 0.4) is 0 Å². The number of hydrogen-bond acceptors (Lipinski definition) is 4. The van der Waals surface area contributed by atoms with E-state index in [1.54, 1.807) is 36.4 Å². The number of rotatable bonds is 7. The lowest BCUT2D eigenvalue weighted by Gasteiger charge is -2.07. The van der Waals surface area contributed by atoms with Crippen LogP contribution < -0.4 is 10.1 Å². The quantitative estimate of drug-likeness (QED) is 0.581. The van der Waals surface area contributed by atoms with E-state index in [2.05, 4.69) is 10.3 Å². The monoisotopic (exact) mass is 402 g/mol. The molecule has 0 spiro atoms. The lowest BCUT2D eigenvalue weighted by atomic mass is 10.2. The molecule has 0 saturated heterocycles. The average Bonchev–Trinajstić information content (AvgIpc) is 3.23. The molecular formula is C21H17F3N2O3. The fourth-order valence-corrected chi connectivity index (χ4v) is 2.36. The number of carbonyl (C=O) groups excluding carboxylic acids is 1. The number of halogens is 3. The van der Waals surface area contributed by atoms with Gasteiger partial charge in [0.1, 0.15) is 11.5 Å². The van der Waals surface area contributed by atoms with E-state index in [0.717, 1.165) is 12.1 Å². The molecular weight excluding hydrogens is 385 g/mol. The highest BCUT2D eigenvalue weighted by Crippen LogP contribution is 2.31. The highest BCUT2D eigenvalue weighted by molar-refractivity contribution is 5.82. The number of ether oxygens (including phenoxy) is 1. The Kier molecular flexibility index (Phi) is 6.33. The number of nitrogens with one attached hydrogen (secondary N) is 1. The summed E-state index contributed by atoms with van der Waals surface area (Å²) in [5.74, 6) is 0.828. The van der Waals surface area contributed by atoms with Crippen molar-refractivity contribution in [3.63, 3.8) is 0 Å². The van der Waals surface area contributed by atoms with Crippen molar-refractivity contribution in [3.8, 4) is 5.75 Å². The predicted molar refractivity (Wildman–Crippen MR) is 101 cm³/mol. The highest BCUT2D eigenvalue weighted by Gasteiger charge is 2.30. The van der Waals surface area contributed by atoms with Crippen molar-refractivity contribution in [1.82, 2.24) is 5.32 Å². The summed E-state index contributed by atoms with van der Waals surface area (Å²) < 4.78 is 48.7. The summed E-state index contributed by atoms with van der Waals surface area (Å²) >= 11 is 0. The first-order chi connectivity index (χ1) is 13.9. The Labute approximate surface area is 164 Å². The van der Waals surface area contributed by atoms with Crippen molar-refractivity contribution in [1.29, 1.82) is 0 Å². The van der Waals surface area contributed by atoms with E-state index in [4.69, 9.17) is 9.15 Å². The normalized spacial score (nSPS) is 11.6. The summed E-state index contributed by atoms with van der Waals surface area (Å²) in [6.07, 6.45) is -1.43. The third-order valence-corrected chi connectivity index (χ3v) is 3.83. The van der Waals surface area contributed by atoms with Gasteiger partial charge in [-0.3, -0.25) is 9.79 Å². The van der Waals surface area contributed by atoms with Crippen LogP contribution in [0.25, 0.3) is 0 Å². The summed E-state index contributed by atoms with van der Waals surface area (Å²) in [5.41, 5.74) is 0.131. The number of amides is 1. The molecule has 8 heteroatoms. The first kappa shape index (κ1) is 20.2. The summed E-state index contributed by atoms with van der Waals surface area (Å²) in [5, 5.41) is 2.66. The Bertz CT molecular complexity index is 966. The van der Waals surface area contributed by atoms with Crippen LogP contribution in [0.15, 0.2) is 76.3 Å². The number of benzene rings is 2. The third-order valence-electron chi connectivity index (χ3n) is 3.83. The number of furan rings is 1. The van der Waals surface area contributed by atoms with Gasteiger partial charge in [-0.05, 0) is 60.2 Å². The molecule has 1 aromatic heterocycles. The third kappa shape index (κ3) is 6.24. The highest BCUT2D eigenvalue weighted by atomic mass is 19.4. The number of carbonyl (C=O) groups is 1. The molecule has 3 rings (SSSR count). The van der Waals surface area contributed by atoms with Gasteiger partial charge in [0.15, 0.2) is 6.61 Å². The van der Waals surface area contributed by atoms with Crippen LogP contribution in [-0.2, 0) is 17.5 Å². The molecule has 0 atom stereocenters. The zero-order valence-corrected chi connectivity index (χ0v) is 15.1. The molecule has 1 heterocycles. The van der Waals surface area contributed by atoms with Gasteiger partial charge in [0.2, 0.25) is 0 Å². The van der Waals surface area contributed by atoms with Gasteiger partial charge in [-0.2, -0.15) is 13.2 Å². The van der Waals surface area contributed by atoms with E-state index in [0.29, 0.717) is 17.1 Å². The van der Waals surface area contributed by atoms with Gasteiger partial charge >= 0.3 is 6.18 Å².